The lowest BCUT2D eigenvalue weighted by Gasteiger charge is -2.22. The Hall–Kier alpha value is -0.620. The summed E-state index contributed by atoms with van der Waals surface area (Å²) in [7, 11) is -3.37. The quantitative estimate of drug-likeness (QED) is 0.786. The zero-order valence-corrected chi connectivity index (χ0v) is 10.1. The Bertz CT molecular complexity index is 388. The van der Waals surface area contributed by atoms with Crippen molar-refractivity contribution in [3.8, 4) is 0 Å². The highest BCUT2D eigenvalue weighted by Gasteiger charge is 2.44. The number of hydrogen-bond donors (Lipinski definition) is 1. The van der Waals surface area contributed by atoms with E-state index in [-0.39, 0.29) is 17.6 Å². The van der Waals surface area contributed by atoms with Gasteiger partial charge < -0.3 is 5.11 Å². The summed E-state index contributed by atoms with van der Waals surface area (Å²) in [5.74, 6) is -0.727. The highest BCUT2D eigenvalue weighted by molar-refractivity contribution is 7.89. The van der Waals surface area contributed by atoms with Gasteiger partial charge in [0, 0.05) is 6.54 Å². The van der Waals surface area contributed by atoms with Crippen LogP contribution in [0.1, 0.15) is 26.2 Å². The number of hydrogen-bond acceptors (Lipinski definition) is 3. The number of carboxylic acids is 1. The van der Waals surface area contributed by atoms with Gasteiger partial charge in [-0.1, -0.05) is 6.92 Å². The van der Waals surface area contributed by atoms with Crippen LogP contribution in [0.4, 0.5) is 0 Å². The minimum atomic E-state index is -3.37. The van der Waals surface area contributed by atoms with Gasteiger partial charge in [0.25, 0.3) is 0 Å². The second kappa shape index (κ2) is 4.00. The van der Waals surface area contributed by atoms with E-state index in [4.69, 9.17) is 5.11 Å². The second-order valence-corrected chi connectivity index (χ2v) is 6.85. The third-order valence-electron chi connectivity index (χ3n) is 3.41. The van der Waals surface area contributed by atoms with Crippen LogP contribution < -0.4 is 0 Å². The molecule has 0 radical (unpaired) electrons. The molecule has 0 amide bonds. The Kier molecular flexibility index (Phi) is 2.96. The number of carbonyl (C=O) groups is 1. The molecular weight excluding hydrogens is 230 g/mol. The Morgan fingerprint density at radius 3 is 2.50 bits per heavy atom. The maximum absolute atomic E-state index is 12.0. The molecule has 2 unspecified atom stereocenters. The van der Waals surface area contributed by atoms with Crippen LogP contribution in [-0.4, -0.2) is 42.1 Å². The molecule has 5 nitrogen and oxygen atoms in total. The van der Waals surface area contributed by atoms with Crippen LogP contribution in [0.2, 0.25) is 0 Å². The number of carboxylic acid groups (broad SMARTS) is 1. The van der Waals surface area contributed by atoms with Gasteiger partial charge in [0.05, 0.1) is 5.75 Å². The number of rotatable bonds is 4. The first-order chi connectivity index (χ1) is 7.42. The van der Waals surface area contributed by atoms with Crippen molar-refractivity contribution in [3.05, 3.63) is 0 Å². The fourth-order valence-corrected chi connectivity index (χ4v) is 4.42. The molecule has 1 N–H and O–H groups in total. The van der Waals surface area contributed by atoms with Crippen LogP contribution in [0.15, 0.2) is 0 Å². The molecule has 0 aromatic heterocycles. The third-order valence-corrected chi connectivity index (χ3v) is 5.42. The first kappa shape index (κ1) is 11.9. The molecule has 1 aliphatic heterocycles. The average Bonchev–Trinajstić information content (AvgIpc) is 2.84. The van der Waals surface area contributed by atoms with Gasteiger partial charge >= 0.3 is 5.97 Å². The molecule has 1 aliphatic carbocycles. The smallest absolute Gasteiger partial charge is 0.322 e. The molecule has 2 fully saturated rings. The summed E-state index contributed by atoms with van der Waals surface area (Å²) < 4.78 is 25.2. The minimum Gasteiger partial charge on any atom is -0.480 e. The van der Waals surface area contributed by atoms with Gasteiger partial charge in [-0.05, 0) is 31.1 Å². The van der Waals surface area contributed by atoms with Crippen LogP contribution in [0.5, 0.6) is 0 Å². The largest absolute Gasteiger partial charge is 0.480 e. The Labute approximate surface area is 95.5 Å². The topological polar surface area (TPSA) is 74.7 Å². The maximum atomic E-state index is 12.0. The van der Waals surface area contributed by atoms with E-state index in [1.54, 1.807) is 6.92 Å². The van der Waals surface area contributed by atoms with Crippen molar-refractivity contribution in [3.63, 3.8) is 0 Å². The lowest BCUT2D eigenvalue weighted by Crippen LogP contribution is -2.43. The first-order valence-corrected chi connectivity index (χ1v) is 7.25. The van der Waals surface area contributed by atoms with Gasteiger partial charge in [-0.3, -0.25) is 4.79 Å². The Morgan fingerprint density at radius 2 is 2.00 bits per heavy atom. The van der Waals surface area contributed by atoms with E-state index in [1.165, 1.54) is 4.31 Å². The monoisotopic (exact) mass is 247 g/mol. The van der Waals surface area contributed by atoms with E-state index in [0.29, 0.717) is 13.0 Å². The van der Waals surface area contributed by atoms with Gasteiger partial charge in [0.1, 0.15) is 6.04 Å². The standard InChI is InChI=1S/C10H17NO4S/c1-7-4-5-11(9(7)10(12)13)16(14,15)6-8-2-3-8/h7-9H,2-6H2,1H3,(H,12,13). The van der Waals surface area contributed by atoms with Gasteiger partial charge in [0.2, 0.25) is 10.0 Å². The zero-order chi connectivity index (χ0) is 11.9. The molecule has 92 valence electrons. The van der Waals surface area contributed by atoms with Gasteiger partial charge in [-0.2, -0.15) is 4.31 Å². The number of aliphatic carboxylic acids is 1. The molecule has 0 aromatic rings. The average molecular weight is 247 g/mol. The molecule has 6 heteroatoms. The number of nitrogens with zero attached hydrogens (tertiary/aromatic N) is 1. The van der Waals surface area contributed by atoms with Crippen molar-refractivity contribution < 1.29 is 18.3 Å². The summed E-state index contributed by atoms with van der Waals surface area (Å²) in [6, 6.07) is -0.858. The molecule has 16 heavy (non-hydrogen) atoms. The summed E-state index contributed by atoms with van der Waals surface area (Å²) in [4.78, 5) is 11.1. The van der Waals surface area contributed by atoms with Crippen molar-refractivity contribution in [2.45, 2.75) is 32.2 Å². The predicted molar refractivity (Wildman–Crippen MR) is 58.4 cm³/mol. The fraction of sp³-hybridized carbons (Fsp3) is 0.900. The second-order valence-electron chi connectivity index (χ2n) is 4.88. The van der Waals surface area contributed by atoms with E-state index in [0.717, 1.165) is 12.8 Å². The summed E-state index contributed by atoms with van der Waals surface area (Å²) >= 11 is 0. The van der Waals surface area contributed by atoms with E-state index in [1.807, 2.05) is 0 Å². The molecule has 2 atom stereocenters. The van der Waals surface area contributed by atoms with Crippen molar-refractivity contribution in [1.29, 1.82) is 0 Å². The number of sulfonamides is 1. The molecular formula is C10H17NO4S. The fourth-order valence-electron chi connectivity index (χ4n) is 2.27. The highest BCUT2D eigenvalue weighted by Crippen LogP contribution is 2.34. The zero-order valence-electron chi connectivity index (χ0n) is 9.30. The molecule has 0 spiro atoms. The van der Waals surface area contributed by atoms with E-state index in [9.17, 15) is 13.2 Å². The molecule has 1 saturated heterocycles. The summed E-state index contributed by atoms with van der Waals surface area (Å²) in [6.45, 7) is 2.15. The SMILES string of the molecule is CC1CCN(S(=O)(=O)CC2CC2)C1C(=O)O. The molecule has 1 saturated carbocycles. The Morgan fingerprint density at radius 1 is 1.38 bits per heavy atom. The lowest BCUT2D eigenvalue weighted by molar-refractivity contribution is -0.141. The van der Waals surface area contributed by atoms with Crippen molar-refractivity contribution in [2.24, 2.45) is 11.8 Å². The molecule has 0 aromatic carbocycles. The van der Waals surface area contributed by atoms with Crippen molar-refractivity contribution in [1.82, 2.24) is 4.31 Å². The highest BCUT2D eigenvalue weighted by atomic mass is 32.2. The van der Waals surface area contributed by atoms with E-state index in [2.05, 4.69) is 0 Å². The van der Waals surface area contributed by atoms with Crippen LogP contribution in [0.3, 0.4) is 0 Å². The molecule has 1 heterocycles. The summed E-state index contributed by atoms with van der Waals surface area (Å²) in [6.07, 6.45) is 2.56. The van der Waals surface area contributed by atoms with Crippen LogP contribution >= 0.6 is 0 Å². The first-order valence-electron chi connectivity index (χ1n) is 5.64. The van der Waals surface area contributed by atoms with E-state index < -0.39 is 22.0 Å². The van der Waals surface area contributed by atoms with Gasteiger partial charge in [0.15, 0.2) is 0 Å². The van der Waals surface area contributed by atoms with Crippen LogP contribution in [0.25, 0.3) is 0 Å². The van der Waals surface area contributed by atoms with Gasteiger partial charge in [-0.25, -0.2) is 8.42 Å². The Balaban J connectivity index is 2.15. The van der Waals surface area contributed by atoms with Crippen LogP contribution in [0, 0.1) is 11.8 Å². The summed E-state index contributed by atoms with van der Waals surface area (Å²) in [5, 5.41) is 9.06. The maximum Gasteiger partial charge on any atom is 0.322 e. The third kappa shape index (κ3) is 2.22. The van der Waals surface area contributed by atoms with Gasteiger partial charge in [-0.15, -0.1) is 0 Å². The predicted octanol–water partition coefficient (Wildman–Crippen LogP) is 0.521. The lowest BCUT2D eigenvalue weighted by atomic mass is 10.0. The minimum absolute atomic E-state index is 0.0912. The van der Waals surface area contributed by atoms with E-state index >= 15 is 0 Å². The summed E-state index contributed by atoms with van der Waals surface area (Å²) in [5.41, 5.74) is 0. The molecule has 0 bridgehead atoms. The normalized spacial score (nSPS) is 31.8. The van der Waals surface area contributed by atoms with Crippen molar-refractivity contribution in [2.75, 3.05) is 12.3 Å². The van der Waals surface area contributed by atoms with Crippen LogP contribution in [-0.2, 0) is 14.8 Å². The molecule has 2 aliphatic rings. The van der Waals surface area contributed by atoms with Crippen molar-refractivity contribution >= 4 is 16.0 Å². The molecule has 2 rings (SSSR count).